The molecule has 3 aromatic rings. The zero-order valence-corrected chi connectivity index (χ0v) is 17.6. The van der Waals surface area contributed by atoms with E-state index in [1.54, 1.807) is 0 Å². The quantitative estimate of drug-likeness (QED) is 0.444. The van der Waals surface area contributed by atoms with E-state index in [0.29, 0.717) is 6.54 Å². The van der Waals surface area contributed by atoms with Crippen LogP contribution < -0.4 is 15.4 Å². The zero-order chi connectivity index (χ0) is 21.0. The molecule has 1 unspecified atom stereocenters. The number of aromatic amines is 1. The highest BCUT2D eigenvalue weighted by Crippen LogP contribution is 2.39. The number of benzene rings is 2. The number of para-hydroxylation sites is 1. The van der Waals surface area contributed by atoms with Gasteiger partial charge in [0.2, 0.25) is 0 Å². The number of H-pyrrole nitrogens is 1. The second-order valence-electron chi connectivity index (χ2n) is 8.03. The maximum atomic E-state index is 6.15. The monoisotopic (exact) mass is 404 g/mol. The summed E-state index contributed by atoms with van der Waals surface area (Å²) in [5, 5.41) is 13.8. The first-order chi connectivity index (χ1) is 14.5. The fourth-order valence-electron chi connectivity index (χ4n) is 3.75. The van der Waals surface area contributed by atoms with E-state index in [-0.39, 0.29) is 11.6 Å². The van der Waals surface area contributed by atoms with Gasteiger partial charge < -0.3 is 15.4 Å². The van der Waals surface area contributed by atoms with E-state index in [9.17, 15) is 0 Å². The van der Waals surface area contributed by atoms with Gasteiger partial charge in [-0.25, -0.2) is 9.98 Å². The Bertz CT molecular complexity index is 1010. The van der Waals surface area contributed by atoms with Crippen molar-refractivity contribution in [1.29, 1.82) is 0 Å². The first-order valence-electron chi connectivity index (χ1n) is 10.3. The molecule has 0 amide bonds. The Balaban J connectivity index is 1.53. The molecule has 3 N–H and O–H groups in total. The molecule has 2 heterocycles. The van der Waals surface area contributed by atoms with Crippen molar-refractivity contribution >= 4 is 5.96 Å². The number of nitrogens with zero attached hydrogens (tertiary/aromatic N) is 3. The lowest BCUT2D eigenvalue weighted by Crippen LogP contribution is -2.45. The summed E-state index contributed by atoms with van der Waals surface area (Å²) in [7, 11) is 0. The van der Waals surface area contributed by atoms with Crippen LogP contribution in [0.4, 0.5) is 0 Å². The van der Waals surface area contributed by atoms with Gasteiger partial charge >= 0.3 is 0 Å². The molecule has 1 aliphatic heterocycles. The van der Waals surface area contributed by atoms with E-state index in [0.717, 1.165) is 47.2 Å². The van der Waals surface area contributed by atoms with E-state index in [2.05, 4.69) is 64.8 Å². The third-order valence-corrected chi connectivity index (χ3v) is 5.07. The van der Waals surface area contributed by atoms with Crippen molar-refractivity contribution in [2.24, 2.45) is 4.99 Å². The van der Waals surface area contributed by atoms with Crippen molar-refractivity contribution in [3.63, 3.8) is 0 Å². The van der Waals surface area contributed by atoms with Gasteiger partial charge in [-0.05, 0) is 38.5 Å². The normalized spacial score (nSPS) is 17.7. The number of guanidine groups is 1. The average Bonchev–Trinajstić information content (AvgIpc) is 3.26. The number of ether oxygens (including phenoxy) is 1. The van der Waals surface area contributed by atoms with Gasteiger partial charge in [-0.3, -0.25) is 5.10 Å². The highest BCUT2D eigenvalue weighted by molar-refractivity contribution is 5.80. The molecule has 1 atom stereocenters. The van der Waals surface area contributed by atoms with Crippen LogP contribution in [0, 0.1) is 0 Å². The fourth-order valence-corrected chi connectivity index (χ4v) is 3.75. The van der Waals surface area contributed by atoms with Gasteiger partial charge in [-0.1, -0.05) is 36.4 Å². The molecule has 0 radical (unpaired) electrons. The van der Waals surface area contributed by atoms with Crippen molar-refractivity contribution in [3.8, 4) is 17.1 Å². The summed E-state index contributed by atoms with van der Waals surface area (Å²) in [5.41, 5.74) is 3.02. The Morgan fingerprint density at radius 3 is 2.90 bits per heavy atom. The summed E-state index contributed by atoms with van der Waals surface area (Å²) in [6.07, 6.45) is 2.37. The largest absolute Gasteiger partial charge is 0.487 e. The molecule has 0 fully saturated rings. The Kier molecular flexibility index (Phi) is 5.70. The lowest BCUT2D eigenvalue weighted by molar-refractivity contribution is 0.0694. The van der Waals surface area contributed by atoms with Crippen molar-refractivity contribution < 1.29 is 4.74 Å². The Labute approximate surface area is 177 Å². The minimum atomic E-state index is -0.241. The van der Waals surface area contributed by atoms with Crippen LogP contribution in [0.1, 0.15) is 44.4 Å². The van der Waals surface area contributed by atoms with Gasteiger partial charge in [0.25, 0.3) is 0 Å². The summed E-state index contributed by atoms with van der Waals surface area (Å²) in [5.74, 6) is 2.48. The molecule has 4 rings (SSSR count). The van der Waals surface area contributed by atoms with Crippen molar-refractivity contribution in [2.45, 2.75) is 45.4 Å². The number of nitrogens with one attached hydrogen (secondary N) is 3. The topological polar surface area (TPSA) is 87.2 Å². The summed E-state index contributed by atoms with van der Waals surface area (Å²) in [6, 6.07) is 16.5. The average molecular weight is 405 g/mol. The third kappa shape index (κ3) is 4.62. The molecule has 156 valence electrons. The molecule has 1 aromatic heterocycles. The molecule has 0 spiro atoms. The minimum Gasteiger partial charge on any atom is -0.487 e. The van der Waals surface area contributed by atoms with Crippen LogP contribution in [0.2, 0.25) is 0 Å². The second kappa shape index (κ2) is 8.57. The SMILES string of the molecule is CCNC(=NCc1cccc(-c2ncn[nH]2)c1)NC1CC(C)(C)Oc2ccccc21. The Morgan fingerprint density at radius 1 is 1.23 bits per heavy atom. The van der Waals surface area contributed by atoms with Gasteiger partial charge in [0.15, 0.2) is 11.8 Å². The Morgan fingerprint density at radius 2 is 2.10 bits per heavy atom. The molecular formula is C23H28N6O. The maximum absolute atomic E-state index is 6.15. The van der Waals surface area contributed by atoms with Crippen molar-refractivity contribution in [1.82, 2.24) is 25.8 Å². The first kappa shape index (κ1) is 19.9. The zero-order valence-electron chi connectivity index (χ0n) is 17.6. The predicted octanol–water partition coefficient (Wildman–Crippen LogP) is 3.83. The summed E-state index contributed by atoms with van der Waals surface area (Å²) in [6.45, 7) is 7.67. The molecule has 1 aliphatic rings. The van der Waals surface area contributed by atoms with E-state index < -0.39 is 0 Å². The summed E-state index contributed by atoms with van der Waals surface area (Å²) in [4.78, 5) is 9.05. The lowest BCUT2D eigenvalue weighted by Gasteiger charge is -2.38. The number of rotatable bonds is 5. The number of hydrogen-bond donors (Lipinski definition) is 3. The third-order valence-electron chi connectivity index (χ3n) is 5.07. The van der Waals surface area contributed by atoms with Gasteiger partial charge in [0.05, 0.1) is 12.6 Å². The standard InChI is InChI=1S/C23H28N6O/c1-4-24-22(25-14-16-8-7-9-17(12-16)21-26-15-27-29-21)28-19-13-23(2,3)30-20-11-6-5-10-18(19)20/h5-12,15,19H,4,13-14H2,1-3H3,(H2,24,25,28)(H,26,27,29). The lowest BCUT2D eigenvalue weighted by atomic mass is 9.90. The van der Waals surface area contributed by atoms with Gasteiger partial charge in [0.1, 0.15) is 17.7 Å². The molecule has 0 aliphatic carbocycles. The highest BCUT2D eigenvalue weighted by atomic mass is 16.5. The number of fused-ring (bicyclic) bond motifs is 1. The molecule has 7 heteroatoms. The van der Waals surface area contributed by atoms with Gasteiger partial charge in [-0.2, -0.15) is 5.10 Å². The summed E-state index contributed by atoms with van der Waals surface area (Å²) >= 11 is 0. The summed E-state index contributed by atoms with van der Waals surface area (Å²) < 4.78 is 6.15. The molecule has 0 saturated heterocycles. The van der Waals surface area contributed by atoms with Crippen LogP contribution >= 0.6 is 0 Å². The fraction of sp³-hybridized carbons (Fsp3) is 0.348. The first-order valence-corrected chi connectivity index (χ1v) is 10.3. The van der Waals surface area contributed by atoms with Crippen LogP contribution in [0.5, 0.6) is 5.75 Å². The predicted molar refractivity (Wildman–Crippen MR) is 118 cm³/mol. The second-order valence-corrected chi connectivity index (χ2v) is 8.03. The smallest absolute Gasteiger partial charge is 0.192 e. The molecule has 7 nitrogen and oxygen atoms in total. The van der Waals surface area contributed by atoms with Crippen molar-refractivity contribution in [3.05, 3.63) is 66.0 Å². The van der Waals surface area contributed by atoms with E-state index >= 15 is 0 Å². The van der Waals surface area contributed by atoms with Crippen molar-refractivity contribution in [2.75, 3.05) is 6.54 Å². The minimum absolute atomic E-state index is 0.128. The van der Waals surface area contributed by atoms with Crippen LogP contribution in [0.15, 0.2) is 59.9 Å². The van der Waals surface area contributed by atoms with E-state index in [1.165, 1.54) is 6.33 Å². The van der Waals surface area contributed by atoms with Crippen LogP contribution in [0.25, 0.3) is 11.4 Å². The number of aliphatic imine (C=N–C) groups is 1. The highest BCUT2D eigenvalue weighted by Gasteiger charge is 2.33. The van der Waals surface area contributed by atoms with Gasteiger partial charge in [-0.15, -0.1) is 0 Å². The van der Waals surface area contributed by atoms with Crippen LogP contribution in [0.3, 0.4) is 0 Å². The number of aromatic nitrogens is 3. The molecule has 0 saturated carbocycles. The Hall–Kier alpha value is -3.35. The molecule has 2 aromatic carbocycles. The molecular weight excluding hydrogens is 376 g/mol. The number of hydrogen-bond acceptors (Lipinski definition) is 4. The maximum Gasteiger partial charge on any atom is 0.192 e. The van der Waals surface area contributed by atoms with E-state index in [1.807, 2.05) is 30.3 Å². The van der Waals surface area contributed by atoms with Crippen LogP contribution in [-0.2, 0) is 6.54 Å². The molecule has 0 bridgehead atoms. The van der Waals surface area contributed by atoms with E-state index in [4.69, 9.17) is 9.73 Å². The van der Waals surface area contributed by atoms with Crippen LogP contribution in [-0.4, -0.2) is 33.3 Å². The van der Waals surface area contributed by atoms with Gasteiger partial charge in [0, 0.05) is 24.1 Å². The molecule has 30 heavy (non-hydrogen) atoms.